The number of aromatic nitrogens is 4. The van der Waals surface area contributed by atoms with Gasteiger partial charge in [0.1, 0.15) is 5.15 Å². The first kappa shape index (κ1) is 14.5. The Kier molecular flexibility index (Phi) is 4.68. The van der Waals surface area contributed by atoms with E-state index in [1.165, 1.54) is 0 Å². The number of esters is 1. The fourth-order valence-corrected chi connectivity index (χ4v) is 1.96. The molecule has 7 heteroatoms. The third-order valence-corrected chi connectivity index (χ3v) is 2.86. The average molecular weight is 295 g/mol. The van der Waals surface area contributed by atoms with Gasteiger partial charge in [0.15, 0.2) is 11.6 Å². The van der Waals surface area contributed by atoms with Crippen LogP contribution in [0.1, 0.15) is 19.2 Å². The molecule has 0 atom stereocenters. The van der Waals surface area contributed by atoms with Crippen LogP contribution in [0.15, 0.2) is 18.3 Å². The van der Waals surface area contributed by atoms with Crippen molar-refractivity contribution < 1.29 is 9.53 Å². The van der Waals surface area contributed by atoms with Crippen LogP contribution in [0, 0.1) is 0 Å². The van der Waals surface area contributed by atoms with E-state index < -0.39 is 0 Å². The minimum absolute atomic E-state index is 0.242. The van der Waals surface area contributed by atoms with Crippen LogP contribution < -0.4 is 0 Å². The summed E-state index contributed by atoms with van der Waals surface area (Å²) in [6.07, 6.45) is 2.34. The number of halogens is 1. The fourth-order valence-electron chi connectivity index (χ4n) is 1.78. The summed E-state index contributed by atoms with van der Waals surface area (Å²) in [5.74, 6) is 1.05. The summed E-state index contributed by atoms with van der Waals surface area (Å²) < 4.78 is 6.53. The Morgan fingerprint density at radius 3 is 3.00 bits per heavy atom. The van der Waals surface area contributed by atoms with Crippen LogP contribution in [-0.2, 0) is 23.0 Å². The first-order valence-electron chi connectivity index (χ1n) is 6.27. The maximum atomic E-state index is 11.3. The molecule has 0 aliphatic rings. The second-order valence-corrected chi connectivity index (χ2v) is 4.53. The van der Waals surface area contributed by atoms with Crippen molar-refractivity contribution in [3.8, 4) is 11.4 Å². The molecule has 0 spiro atoms. The van der Waals surface area contributed by atoms with Crippen LogP contribution in [-0.4, -0.2) is 32.3 Å². The Morgan fingerprint density at radius 2 is 2.30 bits per heavy atom. The standard InChI is InChI=1S/C13H15ClN4O2/c1-3-20-12(19)5-4-11-16-13(18(2)17-11)9-6-7-15-10(14)8-9/h6-8H,3-5H2,1-2H3. The van der Waals surface area contributed by atoms with Gasteiger partial charge in [-0.2, -0.15) is 5.10 Å². The Bertz CT molecular complexity index is 612. The largest absolute Gasteiger partial charge is 0.466 e. The highest BCUT2D eigenvalue weighted by atomic mass is 35.5. The summed E-state index contributed by atoms with van der Waals surface area (Å²) in [5, 5.41) is 4.68. The molecule has 0 bridgehead atoms. The molecule has 0 saturated carbocycles. The first-order valence-corrected chi connectivity index (χ1v) is 6.65. The van der Waals surface area contributed by atoms with Crippen LogP contribution in [0.5, 0.6) is 0 Å². The monoisotopic (exact) mass is 294 g/mol. The van der Waals surface area contributed by atoms with Crippen molar-refractivity contribution in [2.75, 3.05) is 6.61 Å². The number of carbonyl (C=O) groups is 1. The summed E-state index contributed by atoms with van der Waals surface area (Å²) in [6.45, 7) is 2.16. The van der Waals surface area contributed by atoms with E-state index in [4.69, 9.17) is 16.3 Å². The lowest BCUT2D eigenvalue weighted by Gasteiger charge is -1.99. The lowest BCUT2D eigenvalue weighted by molar-refractivity contribution is -0.143. The van der Waals surface area contributed by atoms with E-state index in [-0.39, 0.29) is 12.4 Å². The van der Waals surface area contributed by atoms with Crippen molar-refractivity contribution in [1.82, 2.24) is 19.7 Å². The Hall–Kier alpha value is -1.95. The fraction of sp³-hybridized carbons (Fsp3) is 0.385. The topological polar surface area (TPSA) is 69.9 Å². The number of ether oxygens (including phenoxy) is 1. The molecule has 0 N–H and O–H groups in total. The van der Waals surface area contributed by atoms with Gasteiger partial charge in [-0.05, 0) is 19.1 Å². The molecule has 106 valence electrons. The van der Waals surface area contributed by atoms with E-state index in [1.807, 2.05) is 6.07 Å². The predicted molar refractivity (Wildman–Crippen MR) is 74.2 cm³/mol. The van der Waals surface area contributed by atoms with Crippen molar-refractivity contribution >= 4 is 17.6 Å². The average Bonchev–Trinajstić information content (AvgIpc) is 2.78. The number of hydrogen-bond acceptors (Lipinski definition) is 5. The molecule has 2 aromatic heterocycles. The zero-order chi connectivity index (χ0) is 14.5. The molecule has 0 aromatic carbocycles. The Labute approximate surface area is 121 Å². The smallest absolute Gasteiger partial charge is 0.306 e. The Balaban J connectivity index is 2.12. The number of aryl methyl sites for hydroxylation is 2. The quantitative estimate of drug-likeness (QED) is 0.623. The zero-order valence-corrected chi connectivity index (χ0v) is 12.1. The van der Waals surface area contributed by atoms with Crippen LogP contribution in [0.3, 0.4) is 0 Å². The molecular weight excluding hydrogens is 280 g/mol. The SMILES string of the molecule is CCOC(=O)CCc1nc(-c2ccnc(Cl)c2)n(C)n1. The van der Waals surface area contributed by atoms with Gasteiger partial charge >= 0.3 is 5.97 Å². The molecule has 2 rings (SSSR count). The number of carbonyl (C=O) groups excluding carboxylic acids is 1. The number of hydrogen-bond donors (Lipinski definition) is 0. The van der Waals surface area contributed by atoms with E-state index in [0.717, 1.165) is 5.56 Å². The lowest BCUT2D eigenvalue weighted by atomic mass is 10.2. The highest BCUT2D eigenvalue weighted by molar-refractivity contribution is 6.29. The Morgan fingerprint density at radius 1 is 1.50 bits per heavy atom. The zero-order valence-electron chi connectivity index (χ0n) is 11.3. The van der Waals surface area contributed by atoms with Gasteiger partial charge in [-0.1, -0.05) is 11.6 Å². The number of nitrogens with zero attached hydrogens (tertiary/aromatic N) is 4. The normalized spacial score (nSPS) is 10.6. The van der Waals surface area contributed by atoms with E-state index in [9.17, 15) is 4.79 Å². The summed E-state index contributed by atoms with van der Waals surface area (Å²) in [6, 6.07) is 3.53. The van der Waals surface area contributed by atoms with E-state index in [0.29, 0.717) is 29.8 Å². The molecule has 2 aromatic rings. The van der Waals surface area contributed by atoms with Crippen molar-refractivity contribution in [3.63, 3.8) is 0 Å². The number of rotatable bonds is 5. The summed E-state index contributed by atoms with van der Waals surface area (Å²) in [4.78, 5) is 19.7. The molecule has 6 nitrogen and oxygen atoms in total. The second-order valence-electron chi connectivity index (χ2n) is 4.15. The van der Waals surface area contributed by atoms with Gasteiger partial charge in [-0.15, -0.1) is 0 Å². The first-order chi connectivity index (χ1) is 9.60. The van der Waals surface area contributed by atoms with Crippen LogP contribution >= 0.6 is 11.6 Å². The third-order valence-electron chi connectivity index (χ3n) is 2.65. The van der Waals surface area contributed by atoms with Crippen LogP contribution in [0.25, 0.3) is 11.4 Å². The van der Waals surface area contributed by atoms with Crippen LogP contribution in [0.2, 0.25) is 5.15 Å². The number of pyridine rings is 1. The molecule has 0 aliphatic carbocycles. The van der Waals surface area contributed by atoms with Gasteiger partial charge in [0.05, 0.1) is 13.0 Å². The maximum absolute atomic E-state index is 11.3. The molecule has 0 saturated heterocycles. The van der Waals surface area contributed by atoms with Gasteiger partial charge in [0.25, 0.3) is 0 Å². The predicted octanol–water partition coefficient (Wildman–Crippen LogP) is 2.03. The third kappa shape index (κ3) is 3.54. The van der Waals surface area contributed by atoms with Crippen molar-refractivity contribution in [3.05, 3.63) is 29.3 Å². The minimum atomic E-state index is -0.242. The summed E-state index contributed by atoms with van der Waals surface area (Å²) >= 11 is 5.86. The van der Waals surface area contributed by atoms with Crippen molar-refractivity contribution in [1.29, 1.82) is 0 Å². The highest BCUT2D eigenvalue weighted by Gasteiger charge is 2.12. The molecule has 2 heterocycles. The van der Waals surface area contributed by atoms with Crippen LogP contribution in [0.4, 0.5) is 0 Å². The van der Waals surface area contributed by atoms with Crippen molar-refractivity contribution in [2.45, 2.75) is 19.8 Å². The lowest BCUT2D eigenvalue weighted by Crippen LogP contribution is -2.06. The highest BCUT2D eigenvalue weighted by Crippen LogP contribution is 2.19. The van der Waals surface area contributed by atoms with Gasteiger partial charge in [0, 0.05) is 25.2 Å². The molecule has 20 heavy (non-hydrogen) atoms. The minimum Gasteiger partial charge on any atom is -0.466 e. The molecule has 0 radical (unpaired) electrons. The van der Waals surface area contributed by atoms with Gasteiger partial charge in [0.2, 0.25) is 0 Å². The molecule has 0 amide bonds. The molecule has 0 aliphatic heterocycles. The van der Waals surface area contributed by atoms with E-state index in [2.05, 4.69) is 15.1 Å². The van der Waals surface area contributed by atoms with Gasteiger partial charge in [-0.25, -0.2) is 14.6 Å². The summed E-state index contributed by atoms with van der Waals surface area (Å²) in [7, 11) is 1.80. The van der Waals surface area contributed by atoms with E-state index in [1.54, 1.807) is 30.9 Å². The van der Waals surface area contributed by atoms with Gasteiger partial charge < -0.3 is 4.74 Å². The molecule has 0 fully saturated rings. The summed E-state index contributed by atoms with van der Waals surface area (Å²) in [5.41, 5.74) is 0.836. The second kappa shape index (κ2) is 6.47. The van der Waals surface area contributed by atoms with Crippen molar-refractivity contribution in [2.24, 2.45) is 7.05 Å². The van der Waals surface area contributed by atoms with Gasteiger partial charge in [-0.3, -0.25) is 4.79 Å². The maximum Gasteiger partial charge on any atom is 0.306 e. The molecule has 0 unspecified atom stereocenters. The molecular formula is C13H15ClN4O2. The van der Waals surface area contributed by atoms with E-state index >= 15 is 0 Å².